The number of anilines is 1. The number of hydrogen-bond acceptors (Lipinski definition) is 2. The van der Waals surface area contributed by atoms with Crippen LogP contribution in [0.2, 0.25) is 0 Å². The van der Waals surface area contributed by atoms with Gasteiger partial charge in [0.15, 0.2) is 0 Å². The highest BCUT2D eigenvalue weighted by atomic mass is 16.2. The van der Waals surface area contributed by atoms with Crippen LogP contribution in [0.3, 0.4) is 0 Å². The smallest absolute Gasteiger partial charge is 0.250 e. The van der Waals surface area contributed by atoms with Crippen LogP contribution in [0.4, 0.5) is 5.69 Å². The number of amides is 2. The summed E-state index contributed by atoms with van der Waals surface area (Å²) in [6.45, 7) is 7.74. The lowest BCUT2D eigenvalue weighted by Gasteiger charge is -2.39. The molecule has 1 N–H and O–H groups in total. The number of nitrogens with zero attached hydrogens (tertiary/aromatic N) is 1. The van der Waals surface area contributed by atoms with Crippen molar-refractivity contribution < 1.29 is 9.59 Å². The number of benzene rings is 1. The Bertz CT molecular complexity index is 508. The average Bonchev–Trinajstić information content (AvgIpc) is 2.42. The zero-order valence-electron chi connectivity index (χ0n) is 12.5. The maximum absolute atomic E-state index is 12.5. The van der Waals surface area contributed by atoms with Gasteiger partial charge in [-0.15, -0.1) is 0 Å². The van der Waals surface area contributed by atoms with Crippen LogP contribution in [-0.4, -0.2) is 23.9 Å². The van der Waals surface area contributed by atoms with E-state index in [4.69, 9.17) is 0 Å². The third kappa shape index (κ3) is 2.55. The van der Waals surface area contributed by atoms with Crippen LogP contribution in [-0.2, 0) is 16.0 Å². The molecule has 108 valence electrons. The van der Waals surface area contributed by atoms with Crippen LogP contribution < -0.4 is 10.2 Å². The van der Waals surface area contributed by atoms with Crippen molar-refractivity contribution in [3.05, 3.63) is 29.8 Å². The van der Waals surface area contributed by atoms with Crippen LogP contribution in [0.25, 0.3) is 0 Å². The maximum atomic E-state index is 12.5. The summed E-state index contributed by atoms with van der Waals surface area (Å²) in [4.78, 5) is 26.3. The number of aryl methyl sites for hydroxylation is 1. The minimum Gasteiger partial charge on any atom is -0.343 e. The average molecular weight is 274 g/mol. The topological polar surface area (TPSA) is 49.4 Å². The molecule has 1 aromatic rings. The Balaban J connectivity index is 2.41. The number of piperazine rings is 1. The van der Waals surface area contributed by atoms with E-state index in [-0.39, 0.29) is 17.7 Å². The Morgan fingerprint density at radius 1 is 1.20 bits per heavy atom. The minimum absolute atomic E-state index is 0.0486. The fraction of sp³-hybridized carbons (Fsp3) is 0.500. The molecule has 0 radical (unpaired) electrons. The summed E-state index contributed by atoms with van der Waals surface area (Å²) < 4.78 is 0. The van der Waals surface area contributed by atoms with Crippen molar-refractivity contribution in [1.29, 1.82) is 0 Å². The van der Waals surface area contributed by atoms with Crippen LogP contribution in [0.5, 0.6) is 0 Å². The molecule has 0 aliphatic carbocycles. The molecule has 2 atom stereocenters. The highest BCUT2D eigenvalue weighted by Gasteiger charge is 2.40. The molecule has 1 aromatic carbocycles. The predicted molar refractivity (Wildman–Crippen MR) is 79.5 cm³/mol. The van der Waals surface area contributed by atoms with E-state index in [1.165, 1.54) is 5.56 Å². The van der Waals surface area contributed by atoms with Crippen LogP contribution in [0.15, 0.2) is 24.3 Å². The van der Waals surface area contributed by atoms with Gasteiger partial charge >= 0.3 is 0 Å². The van der Waals surface area contributed by atoms with Gasteiger partial charge in [-0.25, -0.2) is 0 Å². The van der Waals surface area contributed by atoms with E-state index in [9.17, 15) is 9.59 Å². The van der Waals surface area contributed by atoms with Crippen molar-refractivity contribution in [3.8, 4) is 0 Å². The molecule has 1 aliphatic rings. The van der Waals surface area contributed by atoms with E-state index in [1.54, 1.807) is 11.8 Å². The van der Waals surface area contributed by atoms with E-state index in [0.717, 1.165) is 12.1 Å². The molecule has 0 saturated carbocycles. The zero-order valence-corrected chi connectivity index (χ0v) is 12.5. The first kappa shape index (κ1) is 14.6. The van der Waals surface area contributed by atoms with Gasteiger partial charge in [0.1, 0.15) is 12.1 Å². The number of carbonyl (C=O) groups is 2. The van der Waals surface area contributed by atoms with Gasteiger partial charge in [-0.05, 0) is 37.0 Å². The quantitative estimate of drug-likeness (QED) is 0.918. The molecule has 1 heterocycles. The first-order valence-corrected chi connectivity index (χ1v) is 7.18. The third-order valence-electron chi connectivity index (χ3n) is 3.77. The second-order valence-electron chi connectivity index (χ2n) is 5.65. The highest BCUT2D eigenvalue weighted by Crippen LogP contribution is 2.25. The first-order chi connectivity index (χ1) is 9.45. The van der Waals surface area contributed by atoms with Crippen molar-refractivity contribution in [1.82, 2.24) is 5.32 Å². The van der Waals surface area contributed by atoms with Crippen molar-refractivity contribution in [2.45, 2.75) is 46.2 Å². The second-order valence-corrected chi connectivity index (χ2v) is 5.65. The highest BCUT2D eigenvalue weighted by molar-refractivity contribution is 6.08. The molecule has 20 heavy (non-hydrogen) atoms. The first-order valence-electron chi connectivity index (χ1n) is 7.18. The van der Waals surface area contributed by atoms with Crippen LogP contribution in [0.1, 0.15) is 33.3 Å². The summed E-state index contributed by atoms with van der Waals surface area (Å²) in [7, 11) is 0. The third-order valence-corrected chi connectivity index (χ3v) is 3.77. The molecule has 2 unspecified atom stereocenters. The van der Waals surface area contributed by atoms with E-state index in [0.29, 0.717) is 0 Å². The van der Waals surface area contributed by atoms with Gasteiger partial charge in [0.2, 0.25) is 11.8 Å². The Labute approximate surface area is 120 Å². The molecule has 4 heteroatoms. The van der Waals surface area contributed by atoms with E-state index >= 15 is 0 Å². The lowest BCUT2D eigenvalue weighted by molar-refractivity contribution is -0.134. The van der Waals surface area contributed by atoms with Gasteiger partial charge in [0.25, 0.3) is 0 Å². The molecule has 1 fully saturated rings. The van der Waals surface area contributed by atoms with E-state index in [2.05, 4.69) is 12.2 Å². The normalized spacial score (nSPS) is 23.1. The molecule has 0 bridgehead atoms. The zero-order chi connectivity index (χ0) is 14.9. The summed E-state index contributed by atoms with van der Waals surface area (Å²) in [5, 5.41) is 2.75. The Morgan fingerprint density at radius 2 is 1.80 bits per heavy atom. The monoisotopic (exact) mass is 274 g/mol. The fourth-order valence-electron chi connectivity index (χ4n) is 2.60. The number of carbonyl (C=O) groups excluding carboxylic acids is 2. The largest absolute Gasteiger partial charge is 0.343 e. The van der Waals surface area contributed by atoms with Gasteiger partial charge in [0, 0.05) is 5.69 Å². The predicted octanol–water partition coefficient (Wildman–Crippen LogP) is 2.12. The molecular weight excluding hydrogens is 252 g/mol. The van der Waals surface area contributed by atoms with Crippen LogP contribution in [0, 0.1) is 5.92 Å². The summed E-state index contributed by atoms with van der Waals surface area (Å²) in [6, 6.07) is 6.97. The standard InChI is InChI=1S/C16H22N2O2/c1-5-12-6-8-13(9-7-12)18-14(10(2)3)15(19)17-11(4)16(18)20/h6-11,14H,5H2,1-4H3,(H,17,19). The number of nitrogens with one attached hydrogen (secondary N) is 1. The molecule has 1 saturated heterocycles. The lowest BCUT2D eigenvalue weighted by atomic mass is 9.96. The molecule has 0 spiro atoms. The number of hydrogen-bond donors (Lipinski definition) is 1. The molecule has 4 nitrogen and oxygen atoms in total. The summed E-state index contributed by atoms with van der Waals surface area (Å²) in [5.41, 5.74) is 2.02. The van der Waals surface area contributed by atoms with Gasteiger partial charge < -0.3 is 5.32 Å². The molecule has 0 aromatic heterocycles. The molecule has 2 amide bonds. The second kappa shape index (κ2) is 5.65. The van der Waals surface area contributed by atoms with Gasteiger partial charge in [-0.1, -0.05) is 32.9 Å². The van der Waals surface area contributed by atoms with Crippen molar-refractivity contribution in [2.24, 2.45) is 5.92 Å². The minimum atomic E-state index is -0.469. The SMILES string of the molecule is CCc1ccc(N2C(=O)C(C)NC(=O)C2C(C)C)cc1. The molecule has 1 aliphatic heterocycles. The Kier molecular flexibility index (Phi) is 4.12. The Hall–Kier alpha value is -1.84. The summed E-state index contributed by atoms with van der Waals surface area (Å²) in [6.07, 6.45) is 0.957. The van der Waals surface area contributed by atoms with E-state index < -0.39 is 12.1 Å². The van der Waals surface area contributed by atoms with Gasteiger partial charge in [-0.2, -0.15) is 0 Å². The Morgan fingerprint density at radius 3 is 2.30 bits per heavy atom. The van der Waals surface area contributed by atoms with Crippen molar-refractivity contribution in [3.63, 3.8) is 0 Å². The number of rotatable bonds is 3. The summed E-state index contributed by atoms with van der Waals surface area (Å²) >= 11 is 0. The lowest BCUT2D eigenvalue weighted by Crippen LogP contribution is -2.64. The molecular formula is C16H22N2O2. The van der Waals surface area contributed by atoms with E-state index in [1.807, 2.05) is 38.1 Å². The maximum Gasteiger partial charge on any atom is 0.250 e. The molecule has 2 rings (SSSR count). The van der Waals surface area contributed by atoms with Crippen LogP contribution >= 0.6 is 0 Å². The fourth-order valence-corrected chi connectivity index (χ4v) is 2.60. The van der Waals surface area contributed by atoms with Gasteiger partial charge in [0.05, 0.1) is 0 Å². The summed E-state index contributed by atoms with van der Waals surface area (Å²) in [5.74, 6) is -0.0588. The van der Waals surface area contributed by atoms with Crippen molar-refractivity contribution in [2.75, 3.05) is 4.90 Å². The van der Waals surface area contributed by atoms with Gasteiger partial charge in [-0.3, -0.25) is 14.5 Å². The van der Waals surface area contributed by atoms with Crippen molar-refractivity contribution >= 4 is 17.5 Å².